The van der Waals surface area contributed by atoms with Crippen LogP contribution in [-0.2, 0) is 16.1 Å². The van der Waals surface area contributed by atoms with E-state index in [-0.39, 0.29) is 24.3 Å². The van der Waals surface area contributed by atoms with Crippen LogP contribution in [0.1, 0.15) is 24.8 Å². The van der Waals surface area contributed by atoms with Gasteiger partial charge in [0.25, 0.3) is 0 Å². The maximum atomic E-state index is 12.8. The van der Waals surface area contributed by atoms with Gasteiger partial charge in [-0.05, 0) is 29.2 Å². The normalized spacial score (nSPS) is 21.7. The Balaban J connectivity index is 1.50. The van der Waals surface area contributed by atoms with Gasteiger partial charge < -0.3 is 15.3 Å². The smallest absolute Gasteiger partial charge is 0.237 e. The van der Waals surface area contributed by atoms with Gasteiger partial charge in [0.15, 0.2) is 0 Å². The number of amides is 2. The first kappa shape index (κ1) is 18.9. The van der Waals surface area contributed by atoms with Crippen molar-refractivity contribution in [3.8, 4) is 0 Å². The minimum absolute atomic E-state index is 0.00290. The summed E-state index contributed by atoms with van der Waals surface area (Å²) in [6.07, 6.45) is 1.10. The first-order valence-corrected chi connectivity index (χ1v) is 10.1. The molecule has 2 aromatic carbocycles. The van der Waals surface area contributed by atoms with Crippen LogP contribution in [0.3, 0.4) is 0 Å². The number of rotatable bonds is 4. The van der Waals surface area contributed by atoms with Crippen molar-refractivity contribution < 1.29 is 14.7 Å². The number of nitrogens with one attached hydrogen (secondary N) is 1. The third-order valence-corrected chi connectivity index (χ3v) is 5.88. The molecule has 2 amide bonds. The summed E-state index contributed by atoms with van der Waals surface area (Å²) in [5, 5.41) is 14.9. The van der Waals surface area contributed by atoms with Crippen LogP contribution in [0.15, 0.2) is 42.5 Å². The highest BCUT2D eigenvalue weighted by molar-refractivity contribution is 5.89. The molecule has 0 aromatic heterocycles. The van der Waals surface area contributed by atoms with Gasteiger partial charge in [0.2, 0.25) is 11.8 Å². The van der Waals surface area contributed by atoms with Crippen molar-refractivity contribution in [3.05, 3.63) is 48.0 Å². The summed E-state index contributed by atoms with van der Waals surface area (Å²) in [4.78, 5) is 29.2. The molecular formula is C22H27N3O3. The van der Waals surface area contributed by atoms with Crippen LogP contribution in [-0.4, -0.2) is 65.0 Å². The highest BCUT2D eigenvalue weighted by Crippen LogP contribution is 2.23. The van der Waals surface area contributed by atoms with Crippen molar-refractivity contribution in [1.29, 1.82) is 0 Å². The van der Waals surface area contributed by atoms with E-state index >= 15 is 0 Å². The Kier molecular flexibility index (Phi) is 5.59. The van der Waals surface area contributed by atoms with Gasteiger partial charge in [-0.1, -0.05) is 42.5 Å². The molecule has 1 atom stereocenters. The number of carbonyl (C=O) groups excluding carboxylic acids is 2. The Morgan fingerprint density at radius 3 is 2.64 bits per heavy atom. The molecule has 2 aliphatic heterocycles. The summed E-state index contributed by atoms with van der Waals surface area (Å²) < 4.78 is 0. The molecule has 2 heterocycles. The molecule has 2 saturated heterocycles. The minimum Gasteiger partial charge on any atom is -0.393 e. The van der Waals surface area contributed by atoms with Crippen LogP contribution < -0.4 is 5.32 Å². The van der Waals surface area contributed by atoms with Crippen molar-refractivity contribution >= 4 is 22.6 Å². The van der Waals surface area contributed by atoms with Crippen LogP contribution in [0.4, 0.5) is 0 Å². The maximum absolute atomic E-state index is 12.8. The van der Waals surface area contributed by atoms with Gasteiger partial charge >= 0.3 is 0 Å². The summed E-state index contributed by atoms with van der Waals surface area (Å²) in [5.74, 6) is -0.0752. The Morgan fingerprint density at radius 1 is 1.07 bits per heavy atom. The van der Waals surface area contributed by atoms with Gasteiger partial charge in [-0.3, -0.25) is 14.5 Å². The monoisotopic (exact) mass is 381 g/mol. The zero-order valence-electron chi connectivity index (χ0n) is 16.0. The Hall–Kier alpha value is -2.44. The van der Waals surface area contributed by atoms with Crippen molar-refractivity contribution in [2.75, 3.05) is 26.2 Å². The molecule has 0 unspecified atom stereocenters. The summed E-state index contributed by atoms with van der Waals surface area (Å²) in [6.45, 7) is 3.11. The van der Waals surface area contributed by atoms with Crippen molar-refractivity contribution in [1.82, 2.24) is 15.1 Å². The molecule has 0 radical (unpaired) electrons. The molecule has 0 bridgehead atoms. The number of hydrogen-bond donors (Lipinski definition) is 2. The number of piperazine rings is 1. The van der Waals surface area contributed by atoms with E-state index in [1.54, 1.807) is 4.90 Å². The summed E-state index contributed by atoms with van der Waals surface area (Å²) in [7, 11) is 0. The molecule has 2 aromatic rings. The largest absolute Gasteiger partial charge is 0.393 e. The summed E-state index contributed by atoms with van der Waals surface area (Å²) in [5.41, 5.74) is 1.17. The zero-order valence-corrected chi connectivity index (χ0v) is 16.0. The third-order valence-electron chi connectivity index (χ3n) is 5.88. The highest BCUT2D eigenvalue weighted by Gasteiger charge is 2.33. The van der Waals surface area contributed by atoms with Crippen molar-refractivity contribution in [3.63, 3.8) is 0 Å². The number of nitrogens with zero attached hydrogens (tertiary/aromatic N) is 2. The summed E-state index contributed by atoms with van der Waals surface area (Å²) in [6, 6.07) is 14.0. The van der Waals surface area contributed by atoms with Crippen LogP contribution in [0.5, 0.6) is 0 Å². The van der Waals surface area contributed by atoms with E-state index in [0.29, 0.717) is 39.0 Å². The van der Waals surface area contributed by atoms with E-state index in [1.165, 1.54) is 16.3 Å². The van der Waals surface area contributed by atoms with E-state index in [0.717, 1.165) is 6.54 Å². The number of benzene rings is 2. The van der Waals surface area contributed by atoms with E-state index < -0.39 is 6.04 Å². The molecule has 6 nitrogen and oxygen atoms in total. The Bertz CT molecular complexity index is 856. The lowest BCUT2D eigenvalue weighted by Crippen LogP contribution is -2.56. The van der Waals surface area contributed by atoms with Crippen LogP contribution in [0, 0.1) is 0 Å². The second kappa shape index (κ2) is 8.29. The van der Waals surface area contributed by atoms with Gasteiger partial charge in [0.05, 0.1) is 18.6 Å². The molecule has 2 fully saturated rings. The zero-order chi connectivity index (χ0) is 19.5. The maximum Gasteiger partial charge on any atom is 0.237 e. The highest BCUT2D eigenvalue weighted by atomic mass is 16.3. The number of piperidine rings is 1. The minimum atomic E-state index is -0.452. The molecule has 2 N–H and O–H groups in total. The predicted octanol–water partition coefficient (Wildman–Crippen LogP) is 1.51. The third kappa shape index (κ3) is 4.03. The Labute approximate surface area is 165 Å². The topological polar surface area (TPSA) is 72.9 Å². The number of likely N-dealkylation sites (tertiary alicyclic amines) is 1. The van der Waals surface area contributed by atoms with E-state index in [1.807, 2.05) is 18.2 Å². The quantitative estimate of drug-likeness (QED) is 0.842. The van der Waals surface area contributed by atoms with E-state index in [9.17, 15) is 14.7 Å². The average molecular weight is 381 g/mol. The second-order valence-corrected chi connectivity index (χ2v) is 7.73. The number of fused-ring (bicyclic) bond motifs is 1. The number of hydrogen-bond acceptors (Lipinski definition) is 4. The standard InChI is InChI=1S/C22H27N3O3/c26-18-8-11-24(12-9-18)21(27)14-20-22(28)23-10-13-25(20)15-17-6-3-5-16-4-1-2-7-19(16)17/h1-7,18,20,26H,8-15H2,(H,23,28)/t20-/m1/s1. The number of aliphatic hydroxyl groups is 1. The van der Waals surface area contributed by atoms with Gasteiger partial charge in [0, 0.05) is 32.7 Å². The molecule has 28 heavy (non-hydrogen) atoms. The first-order chi connectivity index (χ1) is 13.6. The molecular weight excluding hydrogens is 354 g/mol. The SMILES string of the molecule is O=C1NCCN(Cc2cccc3ccccc23)[C@@H]1CC(=O)N1CCC(O)CC1. The first-order valence-electron chi connectivity index (χ1n) is 10.1. The van der Waals surface area contributed by atoms with Crippen LogP contribution in [0.25, 0.3) is 10.8 Å². The van der Waals surface area contributed by atoms with Gasteiger partial charge in [-0.2, -0.15) is 0 Å². The molecule has 4 rings (SSSR count). The number of aliphatic hydroxyl groups excluding tert-OH is 1. The molecule has 2 aliphatic rings. The fourth-order valence-electron chi connectivity index (χ4n) is 4.23. The average Bonchev–Trinajstić information content (AvgIpc) is 2.71. The van der Waals surface area contributed by atoms with Gasteiger partial charge in [0.1, 0.15) is 0 Å². The van der Waals surface area contributed by atoms with Gasteiger partial charge in [-0.15, -0.1) is 0 Å². The van der Waals surface area contributed by atoms with E-state index in [2.05, 4.69) is 34.5 Å². The van der Waals surface area contributed by atoms with E-state index in [4.69, 9.17) is 0 Å². The lowest BCUT2D eigenvalue weighted by Gasteiger charge is -2.37. The van der Waals surface area contributed by atoms with Crippen LogP contribution in [0.2, 0.25) is 0 Å². The lowest BCUT2D eigenvalue weighted by molar-refractivity contribution is -0.140. The van der Waals surface area contributed by atoms with Crippen molar-refractivity contribution in [2.24, 2.45) is 0 Å². The molecule has 0 aliphatic carbocycles. The van der Waals surface area contributed by atoms with Crippen LogP contribution >= 0.6 is 0 Å². The molecule has 0 spiro atoms. The molecule has 148 valence electrons. The lowest BCUT2D eigenvalue weighted by atomic mass is 10.0. The molecule has 6 heteroatoms. The fraction of sp³-hybridized carbons (Fsp3) is 0.455. The number of carbonyl (C=O) groups is 2. The predicted molar refractivity (Wildman–Crippen MR) is 108 cm³/mol. The second-order valence-electron chi connectivity index (χ2n) is 7.73. The van der Waals surface area contributed by atoms with Gasteiger partial charge in [-0.25, -0.2) is 0 Å². The Morgan fingerprint density at radius 2 is 1.82 bits per heavy atom. The fourth-order valence-corrected chi connectivity index (χ4v) is 4.23. The molecule has 0 saturated carbocycles. The summed E-state index contributed by atoms with van der Waals surface area (Å²) >= 11 is 0. The van der Waals surface area contributed by atoms with Crippen molar-refractivity contribution in [2.45, 2.75) is 38.0 Å².